The summed E-state index contributed by atoms with van der Waals surface area (Å²) in [6, 6.07) is 5.72. The minimum absolute atomic E-state index is 0.107. The van der Waals surface area contributed by atoms with Gasteiger partial charge in [-0.15, -0.1) is 0 Å². The van der Waals surface area contributed by atoms with Crippen molar-refractivity contribution in [3.8, 4) is 0 Å². The van der Waals surface area contributed by atoms with Gasteiger partial charge in [0, 0.05) is 17.2 Å². The monoisotopic (exact) mass is 280 g/mol. The number of halogens is 3. The molecule has 0 spiro atoms. The van der Waals surface area contributed by atoms with Gasteiger partial charge in [0.15, 0.2) is 0 Å². The smallest absolute Gasteiger partial charge is 0.131 e. The van der Waals surface area contributed by atoms with Gasteiger partial charge < -0.3 is 0 Å². The Morgan fingerprint density at radius 3 is 2.20 bits per heavy atom. The minimum Gasteiger partial charge on any atom is -0.271 e. The fourth-order valence-corrected chi connectivity index (χ4v) is 2.13. The van der Waals surface area contributed by atoms with E-state index in [0.29, 0.717) is 0 Å². The van der Waals surface area contributed by atoms with Crippen LogP contribution in [0.5, 0.6) is 0 Å². The van der Waals surface area contributed by atoms with E-state index in [-0.39, 0.29) is 16.7 Å². The Hall–Kier alpha value is -1.85. The Labute approximate surface area is 115 Å². The first-order valence-corrected chi connectivity index (χ1v) is 6.11. The lowest BCUT2D eigenvalue weighted by Crippen LogP contribution is -2.30. The molecule has 0 aliphatic carbocycles. The normalized spacial score (nSPS) is 12.5. The van der Waals surface area contributed by atoms with Gasteiger partial charge >= 0.3 is 0 Å². The van der Waals surface area contributed by atoms with Gasteiger partial charge in [-0.1, -0.05) is 17.7 Å². The summed E-state index contributed by atoms with van der Waals surface area (Å²) in [5.74, 6) is 3.52. The highest BCUT2D eigenvalue weighted by atomic mass is 19.1. The standard InChI is InChI=1S/C15H15F3N2/c1-8-3-4-12(16)10(5-8)15(20-19)11-6-9(2)13(17)7-14(11)18/h3-7,15,20H,19H2,1-2H3. The van der Waals surface area contributed by atoms with Crippen molar-refractivity contribution >= 4 is 0 Å². The zero-order valence-electron chi connectivity index (χ0n) is 11.2. The SMILES string of the molecule is Cc1ccc(F)c(C(NN)c2cc(C)c(F)cc2F)c1. The molecule has 0 fully saturated rings. The number of benzene rings is 2. The largest absolute Gasteiger partial charge is 0.271 e. The maximum Gasteiger partial charge on any atom is 0.131 e. The first-order valence-electron chi connectivity index (χ1n) is 6.11. The van der Waals surface area contributed by atoms with Crippen molar-refractivity contribution in [3.63, 3.8) is 0 Å². The highest BCUT2D eigenvalue weighted by Crippen LogP contribution is 2.28. The van der Waals surface area contributed by atoms with Crippen LogP contribution in [0.25, 0.3) is 0 Å². The molecule has 0 heterocycles. The first kappa shape index (κ1) is 14.6. The predicted octanol–water partition coefficient (Wildman–Crippen LogP) is 3.27. The molecule has 20 heavy (non-hydrogen) atoms. The second-order valence-corrected chi connectivity index (χ2v) is 4.75. The van der Waals surface area contributed by atoms with Crippen LogP contribution in [0.15, 0.2) is 30.3 Å². The molecule has 1 atom stereocenters. The molecule has 0 aliphatic heterocycles. The molecule has 0 aliphatic rings. The van der Waals surface area contributed by atoms with E-state index in [1.807, 2.05) is 0 Å². The third-order valence-electron chi connectivity index (χ3n) is 3.22. The lowest BCUT2D eigenvalue weighted by Gasteiger charge is -2.19. The second-order valence-electron chi connectivity index (χ2n) is 4.75. The number of hydrogen-bond acceptors (Lipinski definition) is 2. The number of nitrogens with one attached hydrogen (secondary N) is 1. The fourth-order valence-electron chi connectivity index (χ4n) is 2.13. The van der Waals surface area contributed by atoms with E-state index >= 15 is 0 Å². The lowest BCUT2D eigenvalue weighted by atomic mass is 9.95. The Morgan fingerprint density at radius 1 is 0.900 bits per heavy atom. The van der Waals surface area contributed by atoms with Crippen molar-refractivity contribution in [3.05, 3.63) is 70.0 Å². The van der Waals surface area contributed by atoms with Gasteiger partial charge in [-0.25, -0.2) is 18.6 Å². The van der Waals surface area contributed by atoms with Gasteiger partial charge in [-0.3, -0.25) is 5.84 Å². The summed E-state index contributed by atoms with van der Waals surface area (Å²) in [4.78, 5) is 0. The molecule has 106 valence electrons. The molecule has 2 nitrogen and oxygen atoms in total. The molecule has 0 saturated carbocycles. The average molecular weight is 280 g/mol. The maximum atomic E-state index is 13.9. The van der Waals surface area contributed by atoms with Gasteiger partial charge in [0.05, 0.1) is 6.04 Å². The van der Waals surface area contributed by atoms with E-state index in [0.717, 1.165) is 11.6 Å². The van der Waals surface area contributed by atoms with Gasteiger partial charge in [0.25, 0.3) is 0 Å². The summed E-state index contributed by atoms with van der Waals surface area (Å²) in [7, 11) is 0. The molecule has 0 saturated heterocycles. The van der Waals surface area contributed by atoms with E-state index in [1.165, 1.54) is 19.1 Å². The van der Waals surface area contributed by atoms with Gasteiger partial charge in [-0.2, -0.15) is 0 Å². The molecule has 2 rings (SSSR count). The molecule has 3 N–H and O–H groups in total. The van der Waals surface area contributed by atoms with Crippen molar-refractivity contribution in [2.75, 3.05) is 0 Å². The number of nitrogens with two attached hydrogens (primary N) is 1. The van der Waals surface area contributed by atoms with E-state index in [1.54, 1.807) is 19.1 Å². The Morgan fingerprint density at radius 2 is 1.55 bits per heavy atom. The van der Waals surface area contributed by atoms with E-state index in [9.17, 15) is 13.2 Å². The third-order valence-corrected chi connectivity index (χ3v) is 3.22. The van der Waals surface area contributed by atoms with E-state index in [4.69, 9.17) is 5.84 Å². The zero-order chi connectivity index (χ0) is 14.9. The summed E-state index contributed by atoms with van der Waals surface area (Å²) in [5.41, 5.74) is 3.81. The van der Waals surface area contributed by atoms with Crippen molar-refractivity contribution in [2.45, 2.75) is 19.9 Å². The Balaban J connectivity index is 2.58. The first-order chi connectivity index (χ1) is 9.43. The molecular weight excluding hydrogens is 265 g/mol. The van der Waals surface area contributed by atoms with Crippen LogP contribution in [-0.2, 0) is 0 Å². The molecule has 0 aromatic heterocycles. The number of hydrogen-bond donors (Lipinski definition) is 2. The lowest BCUT2D eigenvalue weighted by molar-refractivity contribution is 0.520. The second kappa shape index (κ2) is 5.64. The summed E-state index contributed by atoms with van der Waals surface area (Å²) < 4.78 is 41.1. The summed E-state index contributed by atoms with van der Waals surface area (Å²) in [5, 5.41) is 0. The predicted molar refractivity (Wildman–Crippen MR) is 71.4 cm³/mol. The molecule has 2 aromatic rings. The van der Waals surface area contributed by atoms with Gasteiger partial charge in [-0.05, 0) is 31.5 Å². The summed E-state index contributed by atoms with van der Waals surface area (Å²) >= 11 is 0. The summed E-state index contributed by atoms with van der Waals surface area (Å²) in [6.07, 6.45) is 0. The van der Waals surface area contributed by atoms with Crippen LogP contribution in [0.2, 0.25) is 0 Å². The minimum atomic E-state index is -0.880. The maximum absolute atomic E-state index is 13.9. The van der Waals surface area contributed by atoms with Crippen molar-refractivity contribution in [2.24, 2.45) is 5.84 Å². The number of hydrazine groups is 1. The van der Waals surface area contributed by atoms with Crippen molar-refractivity contribution in [1.82, 2.24) is 5.43 Å². The van der Waals surface area contributed by atoms with Crippen LogP contribution in [0.1, 0.15) is 28.3 Å². The zero-order valence-corrected chi connectivity index (χ0v) is 11.2. The van der Waals surface area contributed by atoms with E-state index < -0.39 is 23.5 Å². The molecule has 5 heteroatoms. The summed E-state index contributed by atoms with van der Waals surface area (Å²) in [6.45, 7) is 3.31. The molecule has 0 radical (unpaired) electrons. The highest BCUT2D eigenvalue weighted by Gasteiger charge is 2.21. The van der Waals surface area contributed by atoms with Crippen molar-refractivity contribution < 1.29 is 13.2 Å². The third kappa shape index (κ3) is 2.69. The number of rotatable bonds is 3. The number of aryl methyl sites for hydroxylation is 2. The Bertz CT molecular complexity index is 641. The quantitative estimate of drug-likeness (QED) is 0.669. The van der Waals surface area contributed by atoms with Crippen LogP contribution < -0.4 is 11.3 Å². The van der Waals surface area contributed by atoms with Crippen LogP contribution in [-0.4, -0.2) is 0 Å². The van der Waals surface area contributed by atoms with Gasteiger partial charge in [0.1, 0.15) is 17.5 Å². The molecule has 1 unspecified atom stereocenters. The van der Waals surface area contributed by atoms with Crippen LogP contribution in [0, 0.1) is 31.3 Å². The average Bonchev–Trinajstić information content (AvgIpc) is 2.40. The topological polar surface area (TPSA) is 38.0 Å². The molecule has 0 amide bonds. The van der Waals surface area contributed by atoms with E-state index in [2.05, 4.69) is 5.43 Å². The van der Waals surface area contributed by atoms with Gasteiger partial charge in [0.2, 0.25) is 0 Å². The fraction of sp³-hybridized carbons (Fsp3) is 0.200. The Kier molecular flexibility index (Phi) is 4.11. The van der Waals surface area contributed by atoms with Crippen LogP contribution >= 0.6 is 0 Å². The highest BCUT2D eigenvalue weighted by molar-refractivity contribution is 5.37. The molecule has 0 bridgehead atoms. The van der Waals surface area contributed by atoms with Crippen LogP contribution in [0.4, 0.5) is 13.2 Å². The van der Waals surface area contributed by atoms with Crippen LogP contribution in [0.3, 0.4) is 0 Å². The van der Waals surface area contributed by atoms with Crippen molar-refractivity contribution in [1.29, 1.82) is 0 Å². The molecule has 2 aromatic carbocycles. The molecular formula is C15H15F3N2.